The average Bonchev–Trinajstić information content (AvgIpc) is 3.19. The van der Waals surface area contributed by atoms with Crippen LogP contribution in [0.25, 0.3) is 11.0 Å². The summed E-state index contributed by atoms with van der Waals surface area (Å²) in [5.74, 6) is 0.737. The van der Waals surface area contributed by atoms with Crippen LogP contribution < -0.4 is 0 Å². The van der Waals surface area contributed by atoms with Gasteiger partial charge in [0.15, 0.2) is 0 Å². The minimum atomic E-state index is -0.310. The van der Waals surface area contributed by atoms with Crippen molar-refractivity contribution in [2.45, 2.75) is 6.04 Å². The Kier molecular flexibility index (Phi) is 3.56. The van der Waals surface area contributed by atoms with Gasteiger partial charge in [-0.05, 0) is 24.3 Å². The Labute approximate surface area is 142 Å². The molecule has 0 saturated carbocycles. The van der Waals surface area contributed by atoms with Crippen LogP contribution in [0.5, 0.6) is 0 Å². The number of hydrogen-bond donors (Lipinski definition) is 0. The highest BCUT2D eigenvalue weighted by Gasteiger charge is 2.23. The first-order chi connectivity index (χ1) is 11.2. The second-order valence-electron chi connectivity index (χ2n) is 5.13. The lowest BCUT2D eigenvalue weighted by atomic mass is 10.0. The standard InChI is InChI=1S/C17H11Cl2N3O/c18-12-5-6-13(14(19)8-12)17(22-10-20-9-21-22)16-7-11-3-1-2-4-15(11)23-16/h1-10,17H. The summed E-state index contributed by atoms with van der Waals surface area (Å²) >= 11 is 12.4. The Morgan fingerprint density at radius 2 is 1.91 bits per heavy atom. The molecule has 4 aromatic rings. The second kappa shape index (κ2) is 5.72. The van der Waals surface area contributed by atoms with Gasteiger partial charge >= 0.3 is 0 Å². The number of benzene rings is 2. The third-order valence-electron chi connectivity index (χ3n) is 3.67. The van der Waals surface area contributed by atoms with E-state index in [0.29, 0.717) is 10.0 Å². The van der Waals surface area contributed by atoms with Crippen LogP contribution in [0.4, 0.5) is 0 Å². The fourth-order valence-electron chi connectivity index (χ4n) is 2.64. The summed E-state index contributed by atoms with van der Waals surface area (Å²) in [6.07, 6.45) is 3.13. The Morgan fingerprint density at radius 1 is 1.04 bits per heavy atom. The molecule has 0 aliphatic rings. The number of furan rings is 1. The normalized spacial score (nSPS) is 12.6. The lowest BCUT2D eigenvalue weighted by Crippen LogP contribution is -2.12. The molecule has 2 heterocycles. The molecule has 2 aromatic carbocycles. The van der Waals surface area contributed by atoms with Crippen molar-refractivity contribution in [3.63, 3.8) is 0 Å². The highest BCUT2D eigenvalue weighted by atomic mass is 35.5. The van der Waals surface area contributed by atoms with Gasteiger partial charge in [0.05, 0.1) is 0 Å². The first-order valence-electron chi connectivity index (χ1n) is 7.00. The molecule has 0 N–H and O–H groups in total. The highest BCUT2D eigenvalue weighted by molar-refractivity contribution is 6.35. The Bertz CT molecular complexity index is 930. The summed E-state index contributed by atoms with van der Waals surface area (Å²) in [4.78, 5) is 4.04. The topological polar surface area (TPSA) is 43.9 Å². The van der Waals surface area contributed by atoms with Crippen molar-refractivity contribution in [3.8, 4) is 0 Å². The van der Waals surface area contributed by atoms with E-state index in [1.54, 1.807) is 23.1 Å². The van der Waals surface area contributed by atoms with Gasteiger partial charge in [-0.2, -0.15) is 5.10 Å². The first kappa shape index (κ1) is 14.3. The molecule has 0 spiro atoms. The predicted octanol–water partition coefficient (Wildman–Crippen LogP) is 4.97. The summed E-state index contributed by atoms with van der Waals surface area (Å²) in [5.41, 5.74) is 1.67. The Morgan fingerprint density at radius 3 is 2.65 bits per heavy atom. The molecule has 23 heavy (non-hydrogen) atoms. The van der Waals surface area contributed by atoms with E-state index in [2.05, 4.69) is 10.1 Å². The van der Waals surface area contributed by atoms with E-state index in [0.717, 1.165) is 22.3 Å². The van der Waals surface area contributed by atoms with E-state index in [1.807, 2.05) is 36.4 Å². The molecule has 114 valence electrons. The van der Waals surface area contributed by atoms with Crippen LogP contribution in [0, 0.1) is 0 Å². The number of rotatable bonds is 3. The number of halogens is 2. The summed E-state index contributed by atoms with van der Waals surface area (Å²) in [7, 11) is 0. The number of nitrogens with zero attached hydrogens (tertiary/aromatic N) is 3. The molecular formula is C17H11Cl2N3O. The number of para-hydroxylation sites is 1. The van der Waals surface area contributed by atoms with Gasteiger partial charge in [0.2, 0.25) is 0 Å². The van der Waals surface area contributed by atoms with E-state index in [9.17, 15) is 0 Å². The molecule has 0 aliphatic carbocycles. The van der Waals surface area contributed by atoms with Crippen molar-refractivity contribution in [1.82, 2.24) is 14.8 Å². The molecule has 6 heteroatoms. The Hall–Kier alpha value is -2.30. The van der Waals surface area contributed by atoms with Crippen molar-refractivity contribution in [3.05, 3.63) is 82.6 Å². The molecule has 4 nitrogen and oxygen atoms in total. The van der Waals surface area contributed by atoms with Gasteiger partial charge in [0.25, 0.3) is 0 Å². The van der Waals surface area contributed by atoms with E-state index >= 15 is 0 Å². The summed E-state index contributed by atoms with van der Waals surface area (Å²) in [6.45, 7) is 0. The van der Waals surface area contributed by atoms with E-state index in [-0.39, 0.29) is 6.04 Å². The number of aromatic nitrogens is 3. The van der Waals surface area contributed by atoms with E-state index in [4.69, 9.17) is 27.6 Å². The van der Waals surface area contributed by atoms with Gasteiger partial charge in [-0.15, -0.1) is 0 Å². The molecule has 1 atom stereocenters. The second-order valence-corrected chi connectivity index (χ2v) is 5.97. The van der Waals surface area contributed by atoms with Crippen molar-refractivity contribution >= 4 is 34.2 Å². The minimum Gasteiger partial charge on any atom is -0.458 e. The van der Waals surface area contributed by atoms with Crippen LogP contribution in [0.1, 0.15) is 17.4 Å². The van der Waals surface area contributed by atoms with Gasteiger partial charge < -0.3 is 4.42 Å². The van der Waals surface area contributed by atoms with Crippen molar-refractivity contribution in [1.29, 1.82) is 0 Å². The predicted molar refractivity (Wildman–Crippen MR) is 89.9 cm³/mol. The van der Waals surface area contributed by atoms with Crippen LogP contribution in [0.15, 0.2) is 65.6 Å². The lowest BCUT2D eigenvalue weighted by Gasteiger charge is -2.16. The number of fused-ring (bicyclic) bond motifs is 1. The fourth-order valence-corrected chi connectivity index (χ4v) is 3.15. The maximum atomic E-state index is 6.40. The molecule has 0 aliphatic heterocycles. The molecule has 4 rings (SSSR count). The van der Waals surface area contributed by atoms with E-state index < -0.39 is 0 Å². The first-order valence-corrected chi connectivity index (χ1v) is 7.75. The van der Waals surface area contributed by atoms with Crippen LogP contribution in [0.2, 0.25) is 10.0 Å². The van der Waals surface area contributed by atoms with Crippen LogP contribution >= 0.6 is 23.2 Å². The van der Waals surface area contributed by atoms with Crippen LogP contribution in [0.3, 0.4) is 0 Å². The summed E-state index contributed by atoms with van der Waals surface area (Å²) in [6, 6.07) is 14.9. The molecule has 0 amide bonds. The van der Waals surface area contributed by atoms with E-state index in [1.165, 1.54) is 6.33 Å². The average molecular weight is 344 g/mol. The maximum absolute atomic E-state index is 6.40. The molecule has 0 fully saturated rings. The largest absolute Gasteiger partial charge is 0.458 e. The highest BCUT2D eigenvalue weighted by Crippen LogP contribution is 2.35. The van der Waals surface area contributed by atoms with Crippen LogP contribution in [-0.4, -0.2) is 14.8 Å². The SMILES string of the molecule is Clc1ccc(C(c2cc3ccccc3o2)n2cncn2)c(Cl)c1. The third kappa shape index (κ3) is 2.60. The van der Waals surface area contributed by atoms with Gasteiger partial charge in [0.1, 0.15) is 30.0 Å². The molecule has 2 aromatic heterocycles. The van der Waals surface area contributed by atoms with Gasteiger partial charge in [-0.25, -0.2) is 9.67 Å². The zero-order chi connectivity index (χ0) is 15.8. The van der Waals surface area contributed by atoms with Gasteiger partial charge in [-0.3, -0.25) is 0 Å². The number of hydrogen-bond acceptors (Lipinski definition) is 3. The minimum absolute atomic E-state index is 0.310. The zero-order valence-electron chi connectivity index (χ0n) is 11.9. The van der Waals surface area contributed by atoms with Crippen molar-refractivity contribution < 1.29 is 4.42 Å². The quantitative estimate of drug-likeness (QED) is 0.527. The molecule has 0 bridgehead atoms. The maximum Gasteiger partial charge on any atom is 0.138 e. The molecule has 1 unspecified atom stereocenters. The fraction of sp³-hybridized carbons (Fsp3) is 0.0588. The molecule has 0 saturated heterocycles. The summed E-state index contributed by atoms with van der Waals surface area (Å²) in [5, 5.41) is 6.42. The van der Waals surface area contributed by atoms with Gasteiger partial charge in [-0.1, -0.05) is 47.5 Å². The molecular weight excluding hydrogens is 333 g/mol. The van der Waals surface area contributed by atoms with Gasteiger partial charge in [0, 0.05) is 21.0 Å². The zero-order valence-corrected chi connectivity index (χ0v) is 13.4. The smallest absolute Gasteiger partial charge is 0.138 e. The Balaban J connectivity index is 1.92. The lowest BCUT2D eigenvalue weighted by molar-refractivity contribution is 0.463. The van der Waals surface area contributed by atoms with Crippen LogP contribution in [-0.2, 0) is 0 Å². The van der Waals surface area contributed by atoms with Crippen molar-refractivity contribution in [2.75, 3.05) is 0 Å². The monoisotopic (exact) mass is 343 g/mol. The summed E-state index contributed by atoms with van der Waals surface area (Å²) < 4.78 is 7.73. The third-order valence-corrected chi connectivity index (χ3v) is 4.23. The van der Waals surface area contributed by atoms with Crippen molar-refractivity contribution in [2.24, 2.45) is 0 Å². The molecule has 0 radical (unpaired) electrons.